The first-order chi connectivity index (χ1) is 10.3. The van der Waals surface area contributed by atoms with Crippen LogP contribution in [-0.4, -0.2) is 7.05 Å². The van der Waals surface area contributed by atoms with E-state index in [0.29, 0.717) is 6.61 Å². The zero-order valence-electron chi connectivity index (χ0n) is 11.7. The summed E-state index contributed by atoms with van der Waals surface area (Å²) in [6.07, 6.45) is 0. The standard InChI is InChI=1S/C17H16ClNOS/c1-19-9-12-8-14(18)6-7-16(12)20-10-13-11-21-17-5-3-2-4-15(13)17/h2-8,11,19H,9-10H2,1H3. The Labute approximate surface area is 133 Å². The van der Waals surface area contributed by atoms with Crippen LogP contribution in [0.15, 0.2) is 47.8 Å². The fourth-order valence-corrected chi connectivity index (χ4v) is 3.46. The Morgan fingerprint density at radius 2 is 2.00 bits per heavy atom. The minimum atomic E-state index is 0.572. The van der Waals surface area contributed by atoms with Gasteiger partial charge < -0.3 is 10.1 Å². The van der Waals surface area contributed by atoms with Gasteiger partial charge in [0.25, 0.3) is 0 Å². The molecular formula is C17H16ClNOS. The fourth-order valence-electron chi connectivity index (χ4n) is 2.32. The van der Waals surface area contributed by atoms with Gasteiger partial charge in [-0.3, -0.25) is 0 Å². The largest absolute Gasteiger partial charge is 0.489 e. The molecule has 0 aliphatic carbocycles. The Morgan fingerprint density at radius 1 is 1.14 bits per heavy atom. The predicted molar refractivity (Wildman–Crippen MR) is 90.4 cm³/mol. The molecule has 0 radical (unpaired) electrons. The number of hydrogen-bond acceptors (Lipinski definition) is 3. The van der Waals surface area contributed by atoms with E-state index in [2.05, 4.69) is 35.0 Å². The number of halogens is 1. The summed E-state index contributed by atoms with van der Waals surface area (Å²) >= 11 is 7.80. The van der Waals surface area contributed by atoms with Crippen LogP contribution in [0.3, 0.4) is 0 Å². The molecule has 0 amide bonds. The van der Waals surface area contributed by atoms with E-state index in [1.165, 1.54) is 15.6 Å². The number of hydrogen-bond donors (Lipinski definition) is 1. The lowest BCUT2D eigenvalue weighted by Gasteiger charge is -2.11. The zero-order valence-corrected chi connectivity index (χ0v) is 13.3. The van der Waals surface area contributed by atoms with Gasteiger partial charge in [0.2, 0.25) is 0 Å². The summed E-state index contributed by atoms with van der Waals surface area (Å²) in [5, 5.41) is 7.30. The summed E-state index contributed by atoms with van der Waals surface area (Å²) in [5.41, 5.74) is 2.30. The lowest BCUT2D eigenvalue weighted by molar-refractivity contribution is 0.304. The summed E-state index contributed by atoms with van der Waals surface area (Å²) in [6, 6.07) is 14.1. The van der Waals surface area contributed by atoms with Crippen molar-refractivity contribution >= 4 is 33.0 Å². The molecule has 0 unspecified atom stereocenters. The van der Waals surface area contributed by atoms with E-state index in [-0.39, 0.29) is 0 Å². The first kappa shape index (κ1) is 14.4. The summed E-state index contributed by atoms with van der Waals surface area (Å²) in [5.74, 6) is 0.879. The van der Waals surface area contributed by atoms with Crippen LogP contribution in [0.5, 0.6) is 5.75 Å². The van der Waals surface area contributed by atoms with Gasteiger partial charge >= 0.3 is 0 Å². The van der Waals surface area contributed by atoms with Gasteiger partial charge in [-0.25, -0.2) is 0 Å². The van der Waals surface area contributed by atoms with Gasteiger partial charge in [-0.15, -0.1) is 11.3 Å². The SMILES string of the molecule is CNCc1cc(Cl)ccc1OCc1csc2ccccc12. The average Bonchev–Trinajstić information content (AvgIpc) is 2.90. The first-order valence-corrected chi connectivity index (χ1v) is 8.04. The normalized spacial score (nSPS) is 11.0. The van der Waals surface area contributed by atoms with Crippen LogP contribution in [0.2, 0.25) is 5.02 Å². The Hall–Kier alpha value is -1.55. The van der Waals surface area contributed by atoms with Gasteiger partial charge in [0.1, 0.15) is 12.4 Å². The second-order valence-electron chi connectivity index (χ2n) is 4.83. The van der Waals surface area contributed by atoms with Gasteiger partial charge in [-0.2, -0.15) is 0 Å². The smallest absolute Gasteiger partial charge is 0.124 e. The quantitative estimate of drug-likeness (QED) is 0.726. The summed E-state index contributed by atoms with van der Waals surface area (Å²) in [4.78, 5) is 0. The zero-order chi connectivity index (χ0) is 14.7. The summed E-state index contributed by atoms with van der Waals surface area (Å²) in [6.45, 7) is 1.31. The Kier molecular flexibility index (Phi) is 4.44. The third-order valence-corrected chi connectivity index (χ3v) is 4.58. The van der Waals surface area contributed by atoms with Gasteiger partial charge in [0, 0.05) is 27.4 Å². The van der Waals surface area contributed by atoms with E-state index in [1.807, 2.05) is 25.2 Å². The van der Waals surface area contributed by atoms with Gasteiger partial charge in [-0.05, 0) is 42.1 Å². The molecule has 0 atom stereocenters. The molecule has 21 heavy (non-hydrogen) atoms. The second kappa shape index (κ2) is 6.48. The van der Waals surface area contributed by atoms with Crippen molar-refractivity contribution in [3.63, 3.8) is 0 Å². The second-order valence-corrected chi connectivity index (χ2v) is 6.18. The minimum Gasteiger partial charge on any atom is -0.489 e. The fraction of sp³-hybridized carbons (Fsp3) is 0.176. The Morgan fingerprint density at radius 3 is 2.86 bits per heavy atom. The highest BCUT2D eigenvalue weighted by Crippen LogP contribution is 2.28. The number of nitrogens with one attached hydrogen (secondary N) is 1. The molecule has 1 aromatic heterocycles. The highest BCUT2D eigenvalue weighted by atomic mass is 35.5. The van der Waals surface area contributed by atoms with E-state index in [9.17, 15) is 0 Å². The molecule has 2 aromatic carbocycles. The molecule has 0 aliphatic rings. The van der Waals surface area contributed by atoms with Crippen molar-refractivity contribution in [2.24, 2.45) is 0 Å². The highest BCUT2D eigenvalue weighted by molar-refractivity contribution is 7.17. The number of fused-ring (bicyclic) bond motifs is 1. The maximum absolute atomic E-state index is 6.05. The lowest BCUT2D eigenvalue weighted by atomic mass is 10.2. The third-order valence-electron chi connectivity index (χ3n) is 3.33. The van der Waals surface area contributed by atoms with Crippen molar-refractivity contribution in [1.82, 2.24) is 5.32 Å². The molecule has 4 heteroatoms. The molecule has 1 N–H and O–H groups in total. The molecule has 3 rings (SSSR count). The predicted octanol–water partition coefficient (Wildman–Crippen LogP) is 4.85. The Bertz CT molecular complexity index is 753. The number of benzene rings is 2. The molecule has 2 nitrogen and oxygen atoms in total. The van der Waals surface area contributed by atoms with E-state index in [1.54, 1.807) is 11.3 Å². The lowest BCUT2D eigenvalue weighted by Crippen LogP contribution is -2.07. The first-order valence-electron chi connectivity index (χ1n) is 6.79. The maximum atomic E-state index is 6.05. The van der Waals surface area contributed by atoms with Crippen LogP contribution >= 0.6 is 22.9 Å². The molecule has 1 heterocycles. The van der Waals surface area contributed by atoms with Crippen molar-refractivity contribution < 1.29 is 4.74 Å². The molecule has 0 spiro atoms. The third kappa shape index (κ3) is 3.21. The van der Waals surface area contributed by atoms with Gasteiger partial charge in [-0.1, -0.05) is 29.8 Å². The van der Waals surface area contributed by atoms with Gasteiger partial charge in [0.15, 0.2) is 0 Å². The molecule has 0 saturated carbocycles. The van der Waals surface area contributed by atoms with Crippen LogP contribution in [0.1, 0.15) is 11.1 Å². The van der Waals surface area contributed by atoms with Crippen LogP contribution in [0.4, 0.5) is 0 Å². The molecule has 3 aromatic rings. The Balaban J connectivity index is 1.81. The molecule has 0 saturated heterocycles. The van der Waals surface area contributed by atoms with E-state index >= 15 is 0 Å². The van der Waals surface area contributed by atoms with Crippen LogP contribution in [-0.2, 0) is 13.2 Å². The van der Waals surface area contributed by atoms with E-state index in [0.717, 1.165) is 22.9 Å². The molecule has 108 valence electrons. The monoisotopic (exact) mass is 317 g/mol. The highest BCUT2D eigenvalue weighted by Gasteiger charge is 2.07. The number of ether oxygens (including phenoxy) is 1. The van der Waals surface area contributed by atoms with Crippen LogP contribution in [0, 0.1) is 0 Å². The maximum Gasteiger partial charge on any atom is 0.124 e. The number of rotatable bonds is 5. The summed E-state index contributed by atoms with van der Waals surface area (Å²) < 4.78 is 7.30. The van der Waals surface area contributed by atoms with Crippen molar-refractivity contribution in [3.8, 4) is 5.75 Å². The summed E-state index contributed by atoms with van der Waals surface area (Å²) in [7, 11) is 1.91. The van der Waals surface area contributed by atoms with Gasteiger partial charge in [0.05, 0.1) is 0 Å². The van der Waals surface area contributed by atoms with E-state index in [4.69, 9.17) is 16.3 Å². The van der Waals surface area contributed by atoms with Crippen molar-refractivity contribution in [3.05, 3.63) is 64.0 Å². The molecule has 0 bridgehead atoms. The minimum absolute atomic E-state index is 0.572. The molecular weight excluding hydrogens is 302 g/mol. The molecule has 0 fully saturated rings. The van der Waals surface area contributed by atoms with Crippen LogP contribution < -0.4 is 10.1 Å². The van der Waals surface area contributed by atoms with Crippen molar-refractivity contribution in [2.75, 3.05) is 7.05 Å². The molecule has 0 aliphatic heterocycles. The van der Waals surface area contributed by atoms with Crippen molar-refractivity contribution in [1.29, 1.82) is 0 Å². The van der Waals surface area contributed by atoms with Crippen molar-refractivity contribution in [2.45, 2.75) is 13.2 Å². The topological polar surface area (TPSA) is 21.3 Å². The van der Waals surface area contributed by atoms with Crippen LogP contribution in [0.25, 0.3) is 10.1 Å². The number of thiophene rings is 1. The van der Waals surface area contributed by atoms with E-state index < -0.39 is 0 Å². The average molecular weight is 318 g/mol.